The fraction of sp³-hybridized carbons (Fsp3) is 0.238. The van der Waals surface area contributed by atoms with Crippen LogP contribution in [0.15, 0.2) is 59.1 Å². The number of rotatable bonds is 9. The topological polar surface area (TPSA) is 75.0 Å². The quantitative estimate of drug-likeness (QED) is 0.350. The number of para-hydroxylation sites is 2. The monoisotopic (exact) mass is 439 g/mol. The van der Waals surface area contributed by atoms with Gasteiger partial charge in [0.15, 0.2) is 0 Å². The van der Waals surface area contributed by atoms with Gasteiger partial charge in [0.2, 0.25) is 5.16 Å². The van der Waals surface area contributed by atoms with Crippen LogP contribution in [-0.4, -0.2) is 31.8 Å². The molecule has 0 amide bonds. The third-order valence-electron chi connectivity index (χ3n) is 4.17. The van der Waals surface area contributed by atoms with Gasteiger partial charge in [0.05, 0.1) is 12.3 Å². The molecule has 2 heterocycles. The van der Waals surface area contributed by atoms with Gasteiger partial charge in [-0.1, -0.05) is 41.6 Å². The molecule has 0 saturated heterocycles. The summed E-state index contributed by atoms with van der Waals surface area (Å²) >= 11 is 3.12. The van der Waals surface area contributed by atoms with Crippen LogP contribution in [-0.2, 0) is 12.4 Å². The minimum Gasteiger partial charge on any atom is -0.492 e. The van der Waals surface area contributed by atoms with Gasteiger partial charge in [-0.2, -0.15) is 4.68 Å². The third kappa shape index (κ3) is 4.98. The molecule has 2 aromatic heterocycles. The number of nitrogens with zero attached hydrogens (tertiary/aromatic N) is 5. The molecule has 0 radical (unpaired) electrons. The fourth-order valence-electron chi connectivity index (χ4n) is 2.73. The molecule has 0 spiro atoms. The third-order valence-corrected chi connectivity index (χ3v) is 5.99. The number of thioether (sulfide) groups is 1. The summed E-state index contributed by atoms with van der Waals surface area (Å²) in [6, 6.07) is 15.7. The molecule has 0 bridgehead atoms. The normalized spacial score (nSPS) is 10.9. The largest absolute Gasteiger partial charge is 0.492 e. The number of aromatic nitrogens is 5. The van der Waals surface area contributed by atoms with Gasteiger partial charge in [0.1, 0.15) is 28.8 Å². The van der Waals surface area contributed by atoms with E-state index in [1.165, 1.54) is 17.3 Å². The molecule has 0 aliphatic carbocycles. The van der Waals surface area contributed by atoms with Crippen molar-refractivity contribution in [3.63, 3.8) is 0 Å². The standard InChI is InChI=1S/C21H21N5O2S2/c1-3-27-19-7-5-4-6-18(19)26-21(23-24-25-26)30-14-16-13-29-20(22-16)12-28-17-10-8-15(2)9-11-17/h4-11,13H,3,12,14H2,1-2H3. The Labute approximate surface area is 183 Å². The summed E-state index contributed by atoms with van der Waals surface area (Å²) in [7, 11) is 0. The molecule has 0 aliphatic heterocycles. The average molecular weight is 440 g/mol. The van der Waals surface area contributed by atoms with Crippen molar-refractivity contribution in [1.82, 2.24) is 25.2 Å². The van der Waals surface area contributed by atoms with Crippen LogP contribution in [0, 0.1) is 6.92 Å². The number of hydrogen-bond acceptors (Lipinski definition) is 8. The summed E-state index contributed by atoms with van der Waals surface area (Å²) < 4.78 is 13.2. The minimum atomic E-state index is 0.456. The van der Waals surface area contributed by atoms with E-state index in [0.717, 1.165) is 27.9 Å². The second kappa shape index (κ2) is 9.73. The summed E-state index contributed by atoms with van der Waals surface area (Å²) in [5.41, 5.74) is 3.00. The number of tetrazole rings is 1. The van der Waals surface area contributed by atoms with Crippen LogP contribution < -0.4 is 9.47 Å². The van der Waals surface area contributed by atoms with Crippen molar-refractivity contribution >= 4 is 23.1 Å². The molecule has 154 valence electrons. The molecule has 0 saturated carbocycles. The zero-order valence-electron chi connectivity index (χ0n) is 16.7. The highest BCUT2D eigenvalue weighted by molar-refractivity contribution is 7.98. The molecular formula is C21H21N5O2S2. The average Bonchev–Trinajstić information content (AvgIpc) is 3.42. The molecule has 0 fully saturated rings. The molecule has 0 aliphatic rings. The predicted octanol–water partition coefficient (Wildman–Crippen LogP) is 4.70. The summed E-state index contributed by atoms with van der Waals surface area (Å²) in [5.74, 6) is 2.26. The van der Waals surface area contributed by atoms with E-state index in [2.05, 4.69) is 27.4 Å². The maximum atomic E-state index is 5.81. The molecule has 30 heavy (non-hydrogen) atoms. The van der Waals surface area contributed by atoms with Crippen LogP contribution in [0.3, 0.4) is 0 Å². The first kappa shape index (κ1) is 20.4. The van der Waals surface area contributed by atoms with Gasteiger partial charge < -0.3 is 9.47 Å². The Hall–Kier alpha value is -2.91. The lowest BCUT2D eigenvalue weighted by Crippen LogP contribution is -2.03. The van der Waals surface area contributed by atoms with E-state index in [9.17, 15) is 0 Å². The van der Waals surface area contributed by atoms with Crippen LogP contribution in [0.5, 0.6) is 11.5 Å². The smallest absolute Gasteiger partial charge is 0.214 e. The van der Waals surface area contributed by atoms with Crippen LogP contribution in [0.4, 0.5) is 0 Å². The Kier molecular flexibility index (Phi) is 6.60. The van der Waals surface area contributed by atoms with Gasteiger partial charge in [-0.05, 0) is 48.5 Å². The van der Waals surface area contributed by atoms with E-state index in [1.807, 2.05) is 60.8 Å². The van der Waals surface area contributed by atoms with Gasteiger partial charge in [0.25, 0.3) is 0 Å². The molecule has 0 atom stereocenters. The maximum Gasteiger partial charge on any atom is 0.214 e. The van der Waals surface area contributed by atoms with Gasteiger partial charge >= 0.3 is 0 Å². The Bertz CT molecular complexity index is 1090. The second-order valence-electron chi connectivity index (χ2n) is 6.40. The molecule has 4 rings (SSSR count). The number of aryl methyl sites for hydroxylation is 1. The zero-order valence-corrected chi connectivity index (χ0v) is 18.3. The van der Waals surface area contributed by atoms with E-state index >= 15 is 0 Å². The highest BCUT2D eigenvalue weighted by Crippen LogP contribution is 2.28. The van der Waals surface area contributed by atoms with E-state index < -0.39 is 0 Å². The van der Waals surface area contributed by atoms with Crippen molar-refractivity contribution in [2.75, 3.05) is 6.61 Å². The number of benzene rings is 2. The fourth-order valence-corrected chi connectivity index (χ4v) is 4.32. The number of ether oxygens (including phenoxy) is 2. The first-order chi connectivity index (χ1) is 14.7. The van der Waals surface area contributed by atoms with Crippen molar-refractivity contribution in [2.45, 2.75) is 31.4 Å². The van der Waals surface area contributed by atoms with Crippen LogP contribution in [0.1, 0.15) is 23.2 Å². The summed E-state index contributed by atoms with van der Waals surface area (Å²) in [5, 5.41) is 15.8. The molecule has 9 heteroatoms. The van der Waals surface area contributed by atoms with Gasteiger partial charge in [-0.25, -0.2) is 4.98 Å². The van der Waals surface area contributed by atoms with Crippen molar-refractivity contribution in [1.29, 1.82) is 0 Å². The highest BCUT2D eigenvalue weighted by atomic mass is 32.2. The molecule has 0 unspecified atom stereocenters. The van der Waals surface area contributed by atoms with E-state index in [-0.39, 0.29) is 0 Å². The van der Waals surface area contributed by atoms with Crippen molar-refractivity contribution < 1.29 is 9.47 Å². The van der Waals surface area contributed by atoms with E-state index in [0.29, 0.717) is 24.1 Å². The molecule has 7 nitrogen and oxygen atoms in total. The Morgan fingerprint density at radius 2 is 1.90 bits per heavy atom. The van der Waals surface area contributed by atoms with Crippen LogP contribution in [0.2, 0.25) is 0 Å². The summed E-state index contributed by atoms with van der Waals surface area (Å²) in [4.78, 5) is 4.66. The van der Waals surface area contributed by atoms with E-state index in [1.54, 1.807) is 16.0 Å². The van der Waals surface area contributed by atoms with Crippen LogP contribution in [0.25, 0.3) is 5.69 Å². The minimum absolute atomic E-state index is 0.456. The second-order valence-corrected chi connectivity index (χ2v) is 8.28. The van der Waals surface area contributed by atoms with Gasteiger partial charge in [-0.15, -0.1) is 16.4 Å². The SMILES string of the molecule is CCOc1ccccc1-n1nnnc1SCc1csc(COc2ccc(C)cc2)n1. The van der Waals surface area contributed by atoms with Crippen molar-refractivity contribution in [2.24, 2.45) is 0 Å². The lowest BCUT2D eigenvalue weighted by Gasteiger charge is -2.10. The summed E-state index contributed by atoms with van der Waals surface area (Å²) in [6.07, 6.45) is 0. The molecule has 0 N–H and O–H groups in total. The Balaban J connectivity index is 1.38. The van der Waals surface area contributed by atoms with Gasteiger partial charge in [-0.3, -0.25) is 0 Å². The summed E-state index contributed by atoms with van der Waals surface area (Å²) in [6.45, 7) is 5.04. The predicted molar refractivity (Wildman–Crippen MR) is 118 cm³/mol. The first-order valence-corrected chi connectivity index (χ1v) is 11.4. The van der Waals surface area contributed by atoms with Crippen molar-refractivity contribution in [3.8, 4) is 17.2 Å². The lowest BCUT2D eigenvalue weighted by atomic mass is 10.2. The van der Waals surface area contributed by atoms with Gasteiger partial charge in [0, 0.05) is 11.1 Å². The Morgan fingerprint density at radius 3 is 2.73 bits per heavy atom. The van der Waals surface area contributed by atoms with Crippen LogP contribution >= 0.6 is 23.1 Å². The van der Waals surface area contributed by atoms with E-state index in [4.69, 9.17) is 9.47 Å². The number of thiazole rings is 1. The highest BCUT2D eigenvalue weighted by Gasteiger charge is 2.14. The number of hydrogen-bond donors (Lipinski definition) is 0. The molecule has 2 aromatic carbocycles. The maximum absolute atomic E-state index is 5.81. The molecular weight excluding hydrogens is 418 g/mol. The van der Waals surface area contributed by atoms with Crippen molar-refractivity contribution in [3.05, 3.63) is 70.2 Å². The first-order valence-electron chi connectivity index (χ1n) is 9.49. The molecule has 4 aromatic rings. The Morgan fingerprint density at radius 1 is 1.07 bits per heavy atom. The lowest BCUT2D eigenvalue weighted by molar-refractivity contribution is 0.305. The zero-order chi connectivity index (χ0) is 20.8.